The first kappa shape index (κ1) is 15.5. The summed E-state index contributed by atoms with van der Waals surface area (Å²) in [5.74, 6) is 0. The van der Waals surface area contributed by atoms with Gasteiger partial charge in [-0.15, -0.1) is 0 Å². The van der Waals surface area contributed by atoms with Crippen molar-refractivity contribution in [1.29, 1.82) is 0 Å². The number of halogens is 1. The fraction of sp³-hybridized carbons (Fsp3) is 1.00. The summed E-state index contributed by atoms with van der Waals surface area (Å²) in [5, 5.41) is 8.30. The quantitative estimate of drug-likeness (QED) is 0.476. The van der Waals surface area contributed by atoms with Crippen LogP contribution in [0.15, 0.2) is 0 Å². The SMILES string of the molecule is O=P([O-])(O)C(O)P(=O)([O-])OCl.[Fe+2]. The molecule has 0 aromatic carbocycles. The summed E-state index contributed by atoms with van der Waals surface area (Å²) in [4.78, 5) is 28.2. The Morgan fingerprint density at radius 1 is 1.42 bits per heavy atom. The Morgan fingerprint density at radius 2 is 1.75 bits per heavy atom. The second-order valence-electron chi connectivity index (χ2n) is 1.52. The Balaban J connectivity index is 0. The van der Waals surface area contributed by atoms with Gasteiger partial charge in [-0.05, 0) is 0 Å². The van der Waals surface area contributed by atoms with Gasteiger partial charge in [-0.1, -0.05) is 0 Å². The predicted molar refractivity (Wildman–Crippen MR) is 30.4 cm³/mol. The molecule has 0 aromatic heterocycles. The van der Waals surface area contributed by atoms with Gasteiger partial charge in [0.1, 0.15) is 0 Å². The average molecular weight is 280 g/mol. The van der Waals surface area contributed by atoms with Crippen LogP contribution in [-0.2, 0) is 30.3 Å². The third-order valence-electron chi connectivity index (χ3n) is 0.671. The van der Waals surface area contributed by atoms with E-state index in [4.69, 9.17) is 10.00 Å². The minimum atomic E-state index is -5.37. The fourth-order valence-electron chi connectivity index (χ4n) is 0.214. The molecule has 0 fully saturated rings. The van der Waals surface area contributed by atoms with Crippen molar-refractivity contribution in [2.45, 2.75) is 5.59 Å². The van der Waals surface area contributed by atoms with E-state index >= 15 is 0 Å². The Hall–Kier alpha value is 1.07. The molecule has 74 valence electrons. The molecule has 0 amide bonds. The van der Waals surface area contributed by atoms with E-state index in [0.717, 1.165) is 0 Å². The number of hydrogen-bond acceptors (Lipinski definition) is 6. The molecule has 0 aliphatic rings. The maximum Gasteiger partial charge on any atom is 2.00 e. The predicted octanol–water partition coefficient (Wildman–Crippen LogP) is -1.47. The van der Waals surface area contributed by atoms with Gasteiger partial charge in [0.15, 0.2) is 20.8 Å². The van der Waals surface area contributed by atoms with Crippen LogP contribution in [0.25, 0.3) is 0 Å². The Kier molecular flexibility index (Phi) is 6.57. The maximum absolute atomic E-state index is 10.2. The van der Waals surface area contributed by atoms with Crippen LogP contribution in [0, 0.1) is 0 Å². The molecule has 0 radical (unpaired) electrons. The van der Waals surface area contributed by atoms with Crippen LogP contribution in [0.5, 0.6) is 0 Å². The van der Waals surface area contributed by atoms with Crippen LogP contribution >= 0.6 is 27.1 Å². The largest absolute Gasteiger partial charge is 2.00 e. The van der Waals surface area contributed by atoms with E-state index < -0.39 is 20.8 Å². The van der Waals surface area contributed by atoms with Crippen LogP contribution in [0.2, 0.25) is 0 Å². The fourth-order valence-corrected chi connectivity index (χ4v) is 2.25. The zero-order valence-electron chi connectivity index (χ0n) is 5.14. The molecular weight excluding hydrogens is 277 g/mol. The molecule has 0 spiro atoms. The van der Waals surface area contributed by atoms with Crippen LogP contribution in [0.3, 0.4) is 0 Å². The second-order valence-corrected chi connectivity index (χ2v) is 5.66. The van der Waals surface area contributed by atoms with Gasteiger partial charge in [-0.3, -0.25) is 0 Å². The van der Waals surface area contributed by atoms with E-state index in [2.05, 4.69) is 15.9 Å². The van der Waals surface area contributed by atoms with Gasteiger partial charge in [-0.2, -0.15) is 0 Å². The number of rotatable bonds is 3. The van der Waals surface area contributed by atoms with E-state index in [-0.39, 0.29) is 17.1 Å². The van der Waals surface area contributed by atoms with Gasteiger partial charge < -0.3 is 28.9 Å². The van der Waals surface area contributed by atoms with Crippen molar-refractivity contribution < 1.29 is 50.1 Å². The minimum Gasteiger partial charge on any atom is -0.776 e. The van der Waals surface area contributed by atoms with Crippen molar-refractivity contribution in [2.24, 2.45) is 0 Å². The van der Waals surface area contributed by atoms with Crippen LogP contribution in [-0.4, -0.2) is 15.6 Å². The maximum atomic E-state index is 10.2. The standard InChI is InChI=1S/CH5ClO7P2.Fe/c2-9-11(7,8)1(3)10(4,5)6;/h1,3H,(H,7,8)(H2,4,5,6);/q;+2/p-2. The summed E-state index contributed by atoms with van der Waals surface area (Å²) in [6.07, 6.45) is 0. The van der Waals surface area contributed by atoms with E-state index in [1.807, 2.05) is 0 Å². The molecule has 3 atom stereocenters. The molecule has 12 heavy (non-hydrogen) atoms. The molecule has 0 aliphatic heterocycles. The van der Waals surface area contributed by atoms with Crippen LogP contribution in [0.4, 0.5) is 0 Å². The monoisotopic (exact) mass is 280 g/mol. The summed E-state index contributed by atoms with van der Waals surface area (Å²) in [5.41, 5.74) is -3.02. The summed E-state index contributed by atoms with van der Waals surface area (Å²) < 4.78 is 23.3. The zero-order valence-corrected chi connectivity index (χ0v) is 8.79. The molecule has 2 N–H and O–H groups in total. The summed E-state index contributed by atoms with van der Waals surface area (Å²) in [6.45, 7) is 0. The van der Waals surface area contributed by atoms with Gasteiger partial charge in [0.05, 0.1) is 11.9 Å². The molecule has 0 saturated carbocycles. The smallest absolute Gasteiger partial charge is 0.776 e. The minimum absolute atomic E-state index is 0. The molecule has 0 bridgehead atoms. The summed E-state index contributed by atoms with van der Waals surface area (Å²) in [6, 6.07) is 0. The first-order valence-electron chi connectivity index (χ1n) is 2.04. The first-order valence-corrected chi connectivity index (χ1v) is 5.61. The van der Waals surface area contributed by atoms with E-state index in [1.54, 1.807) is 0 Å². The van der Waals surface area contributed by atoms with E-state index in [9.17, 15) is 18.9 Å². The number of aliphatic hydroxyl groups is 1. The van der Waals surface area contributed by atoms with E-state index in [0.29, 0.717) is 0 Å². The average Bonchev–Trinajstić information content (AvgIpc) is 1.84. The molecule has 0 heterocycles. The molecule has 11 heteroatoms. The van der Waals surface area contributed by atoms with Gasteiger partial charge in [0.25, 0.3) is 0 Å². The van der Waals surface area contributed by atoms with Crippen molar-refractivity contribution in [3.05, 3.63) is 0 Å². The second kappa shape index (κ2) is 5.08. The molecule has 0 aromatic rings. The Bertz CT molecular complexity index is 223. The van der Waals surface area contributed by atoms with Crippen molar-refractivity contribution in [3.8, 4) is 0 Å². The Morgan fingerprint density at radius 3 is 1.83 bits per heavy atom. The summed E-state index contributed by atoms with van der Waals surface area (Å²) >= 11 is 4.29. The molecule has 0 saturated heterocycles. The van der Waals surface area contributed by atoms with Crippen molar-refractivity contribution in [1.82, 2.24) is 0 Å². The molecule has 7 nitrogen and oxygen atoms in total. The number of aliphatic hydroxyl groups excluding tert-OH is 1. The van der Waals surface area contributed by atoms with Gasteiger partial charge in [0, 0.05) is 0 Å². The summed E-state index contributed by atoms with van der Waals surface area (Å²) in [7, 11) is -10.5. The zero-order chi connectivity index (χ0) is 9.28. The topological polar surface area (TPSA) is 130 Å². The van der Waals surface area contributed by atoms with E-state index in [1.165, 1.54) is 0 Å². The van der Waals surface area contributed by atoms with Gasteiger partial charge in [-0.25, -0.2) is 4.08 Å². The first-order chi connectivity index (χ1) is 4.72. The van der Waals surface area contributed by atoms with Gasteiger partial charge >= 0.3 is 17.1 Å². The van der Waals surface area contributed by atoms with Crippen molar-refractivity contribution in [3.63, 3.8) is 0 Å². The van der Waals surface area contributed by atoms with Crippen molar-refractivity contribution >= 4 is 27.1 Å². The normalized spacial score (nSPS) is 23.1. The molecule has 0 aliphatic carbocycles. The third-order valence-corrected chi connectivity index (χ3v) is 4.31. The Labute approximate surface area is 83.0 Å². The van der Waals surface area contributed by atoms with Crippen molar-refractivity contribution in [2.75, 3.05) is 0 Å². The van der Waals surface area contributed by atoms with Crippen LogP contribution in [0.1, 0.15) is 0 Å². The van der Waals surface area contributed by atoms with Crippen LogP contribution < -0.4 is 9.79 Å². The molecule has 3 unspecified atom stereocenters. The number of hydrogen-bond donors (Lipinski definition) is 2. The van der Waals surface area contributed by atoms with Gasteiger partial charge in [0.2, 0.25) is 0 Å². The third kappa shape index (κ3) is 4.35. The molecular formula is CH3ClFeO7P2. The molecule has 0 rings (SSSR count).